The molecule has 2 aromatic rings. The fourth-order valence-corrected chi connectivity index (χ4v) is 3.42. The number of esters is 1. The molecule has 116 valence electrons. The van der Waals surface area contributed by atoms with Crippen molar-refractivity contribution in [3.63, 3.8) is 0 Å². The van der Waals surface area contributed by atoms with E-state index in [1.807, 2.05) is 19.1 Å². The number of hydrogen-bond acceptors (Lipinski definition) is 6. The van der Waals surface area contributed by atoms with Crippen LogP contribution < -0.4 is 5.32 Å². The van der Waals surface area contributed by atoms with Crippen LogP contribution in [0, 0.1) is 6.92 Å². The number of methoxy groups -OCH3 is 1. The van der Waals surface area contributed by atoms with Crippen LogP contribution in [0.1, 0.15) is 22.2 Å². The number of thiazole rings is 1. The monoisotopic (exact) mass is 336 g/mol. The highest BCUT2D eigenvalue weighted by molar-refractivity contribution is 8.00. The highest BCUT2D eigenvalue weighted by atomic mass is 32.2. The van der Waals surface area contributed by atoms with Crippen molar-refractivity contribution in [2.24, 2.45) is 0 Å². The molecule has 1 aromatic carbocycles. The number of ether oxygens (including phenoxy) is 1. The van der Waals surface area contributed by atoms with Gasteiger partial charge < -0.3 is 4.74 Å². The van der Waals surface area contributed by atoms with Crippen LogP contribution in [0.3, 0.4) is 0 Å². The molecule has 0 saturated carbocycles. The van der Waals surface area contributed by atoms with E-state index in [4.69, 9.17) is 4.74 Å². The van der Waals surface area contributed by atoms with Crippen LogP contribution in [0.15, 0.2) is 35.4 Å². The van der Waals surface area contributed by atoms with Crippen molar-refractivity contribution in [2.45, 2.75) is 24.0 Å². The Kier molecular flexibility index (Phi) is 5.57. The van der Waals surface area contributed by atoms with Crippen molar-refractivity contribution >= 4 is 40.1 Å². The Morgan fingerprint density at radius 2 is 2.09 bits per heavy atom. The topological polar surface area (TPSA) is 68.3 Å². The fourth-order valence-electron chi connectivity index (χ4n) is 1.74. The van der Waals surface area contributed by atoms with Crippen LogP contribution in [-0.2, 0) is 9.53 Å². The molecule has 0 fully saturated rings. The molecule has 5 nitrogen and oxygen atoms in total. The van der Waals surface area contributed by atoms with E-state index >= 15 is 0 Å². The van der Waals surface area contributed by atoms with Crippen molar-refractivity contribution < 1.29 is 14.3 Å². The average Bonchev–Trinajstić information content (AvgIpc) is 2.91. The average molecular weight is 336 g/mol. The summed E-state index contributed by atoms with van der Waals surface area (Å²) in [4.78, 5) is 29.8. The minimum atomic E-state index is -0.388. The lowest BCUT2D eigenvalue weighted by Gasteiger charge is -2.12. The third-order valence-electron chi connectivity index (χ3n) is 2.81. The van der Waals surface area contributed by atoms with Crippen molar-refractivity contribution in [1.29, 1.82) is 0 Å². The number of thioether (sulfide) groups is 1. The molecule has 1 aromatic heterocycles. The molecule has 0 aliphatic heterocycles. The van der Waals surface area contributed by atoms with Crippen LogP contribution in [0.2, 0.25) is 0 Å². The molecule has 0 aliphatic rings. The lowest BCUT2D eigenvalue weighted by atomic mass is 10.2. The standard InChI is InChI=1S/C15H16N2O3S2/c1-9-8-16-15(21-9)17-13(18)11-6-4-5-7-12(11)22-10(2)14(19)20-3/h4-8,10H,1-3H3,(H,16,17,18). The highest BCUT2D eigenvalue weighted by Gasteiger charge is 2.19. The van der Waals surface area contributed by atoms with E-state index in [1.165, 1.54) is 30.2 Å². The van der Waals surface area contributed by atoms with Gasteiger partial charge in [-0.15, -0.1) is 23.1 Å². The number of benzene rings is 1. The quantitative estimate of drug-likeness (QED) is 0.670. The predicted octanol–water partition coefficient (Wildman–Crippen LogP) is 3.36. The fraction of sp³-hybridized carbons (Fsp3) is 0.267. The minimum Gasteiger partial charge on any atom is -0.468 e. The summed E-state index contributed by atoms with van der Waals surface area (Å²) >= 11 is 2.71. The Hall–Kier alpha value is -1.86. The third-order valence-corrected chi connectivity index (χ3v) is 4.79. The first-order chi connectivity index (χ1) is 10.5. The summed E-state index contributed by atoms with van der Waals surface area (Å²) in [5.41, 5.74) is 0.510. The number of carbonyl (C=O) groups excluding carboxylic acids is 2. The zero-order chi connectivity index (χ0) is 16.1. The Balaban J connectivity index is 2.16. The molecule has 1 atom stereocenters. The summed E-state index contributed by atoms with van der Waals surface area (Å²) in [6, 6.07) is 7.15. The van der Waals surface area contributed by atoms with Crippen molar-refractivity contribution in [2.75, 3.05) is 12.4 Å². The molecule has 2 rings (SSSR count). The van der Waals surface area contributed by atoms with Gasteiger partial charge in [-0.1, -0.05) is 12.1 Å². The number of anilines is 1. The van der Waals surface area contributed by atoms with Crippen LogP contribution in [0.4, 0.5) is 5.13 Å². The van der Waals surface area contributed by atoms with Gasteiger partial charge in [-0.25, -0.2) is 4.98 Å². The van der Waals surface area contributed by atoms with Gasteiger partial charge in [-0.2, -0.15) is 0 Å². The largest absolute Gasteiger partial charge is 0.468 e. The number of hydrogen-bond donors (Lipinski definition) is 1. The molecule has 0 bridgehead atoms. The molecular formula is C15H16N2O3S2. The first-order valence-electron chi connectivity index (χ1n) is 6.58. The van der Waals surface area contributed by atoms with E-state index < -0.39 is 0 Å². The Morgan fingerprint density at radius 3 is 2.73 bits per heavy atom. The maximum Gasteiger partial charge on any atom is 0.318 e. The van der Waals surface area contributed by atoms with E-state index in [9.17, 15) is 9.59 Å². The van der Waals surface area contributed by atoms with E-state index in [2.05, 4.69) is 10.3 Å². The molecule has 0 spiro atoms. The lowest BCUT2D eigenvalue weighted by Crippen LogP contribution is -2.17. The van der Waals surface area contributed by atoms with Gasteiger partial charge >= 0.3 is 5.97 Å². The van der Waals surface area contributed by atoms with E-state index in [0.717, 1.165) is 9.77 Å². The number of nitrogens with zero attached hydrogens (tertiary/aromatic N) is 1. The first kappa shape index (κ1) is 16.5. The zero-order valence-electron chi connectivity index (χ0n) is 12.5. The Morgan fingerprint density at radius 1 is 1.36 bits per heavy atom. The van der Waals surface area contributed by atoms with Gasteiger partial charge in [0.15, 0.2) is 5.13 Å². The maximum atomic E-state index is 12.4. The van der Waals surface area contributed by atoms with E-state index in [1.54, 1.807) is 25.3 Å². The molecule has 0 aliphatic carbocycles. The number of aryl methyl sites for hydroxylation is 1. The molecule has 1 amide bonds. The van der Waals surface area contributed by atoms with Gasteiger partial charge in [0.2, 0.25) is 0 Å². The summed E-state index contributed by atoms with van der Waals surface area (Å²) in [6.07, 6.45) is 1.71. The number of aromatic nitrogens is 1. The molecule has 22 heavy (non-hydrogen) atoms. The number of nitrogens with one attached hydrogen (secondary N) is 1. The third kappa shape index (κ3) is 4.08. The zero-order valence-corrected chi connectivity index (χ0v) is 14.1. The maximum absolute atomic E-state index is 12.4. The Labute approximate surface area is 137 Å². The van der Waals surface area contributed by atoms with Gasteiger partial charge in [0.05, 0.1) is 12.7 Å². The smallest absolute Gasteiger partial charge is 0.318 e. The summed E-state index contributed by atoms with van der Waals surface area (Å²) in [5, 5.41) is 2.95. The molecular weight excluding hydrogens is 320 g/mol. The summed E-state index contributed by atoms with van der Waals surface area (Å²) in [5.74, 6) is -0.565. The number of carbonyl (C=O) groups is 2. The number of amides is 1. The summed E-state index contributed by atoms with van der Waals surface area (Å²) < 4.78 is 4.71. The van der Waals surface area contributed by atoms with Crippen LogP contribution >= 0.6 is 23.1 Å². The van der Waals surface area contributed by atoms with Gasteiger partial charge in [0.1, 0.15) is 5.25 Å². The molecule has 0 saturated heterocycles. The second-order valence-corrected chi connectivity index (χ2v) is 7.13. The van der Waals surface area contributed by atoms with Gasteiger partial charge in [-0.05, 0) is 26.0 Å². The lowest BCUT2D eigenvalue weighted by molar-refractivity contribution is -0.139. The second kappa shape index (κ2) is 7.42. The second-order valence-electron chi connectivity index (χ2n) is 4.51. The van der Waals surface area contributed by atoms with Gasteiger partial charge in [-0.3, -0.25) is 14.9 Å². The SMILES string of the molecule is COC(=O)C(C)Sc1ccccc1C(=O)Nc1ncc(C)s1. The first-order valence-corrected chi connectivity index (χ1v) is 8.28. The van der Waals surface area contributed by atoms with Crippen LogP contribution in [0.5, 0.6) is 0 Å². The normalized spacial score (nSPS) is 11.8. The van der Waals surface area contributed by atoms with Crippen LogP contribution in [-0.4, -0.2) is 29.2 Å². The summed E-state index contributed by atoms with van der Waals surface area (Å²) in [6.45, 7) is 3.67. The highest BCUT2D eigenvalue weighted by Crippen LogP contribution is 2.28. The Bertz CT molecular complexity index is 685. The summed E-state index contributed by atoms with van der Waals surface area (Å²) in [7, 11) is 1.35. The number of rotatable bonds is 5. The minimum absolute atomic E-state index is 0.241. The van der Waals surface area contributed by atoms with E-state index in [-0.39, 0.29) is 17.1 Å². The molecule has 0 radical (unpaired) electrons. The van der Waals surface area contributed by atoms with Crippen molar-refractivity contribution in [3.05, 3.63) is 40.9 Å². The molecule has 1 N–H and O–H groups in total. The molecule has 1 unspecified atom stereocenters. The molecule has 1 heterocycles. The van der Waals surface area contributed by atoms with E-state index in [0.29, 0.717) is 10.7 Å². The van der Waals surface area contributed by atoms with Crippen molar-refractivity contribution in [1.82, 2.24) is 4.98 Å². The van der Waals surface area contributed by atoms with Gasteiger partial charge in [0.25, 0.3) is 5.91 Å². The predicted molar refractivity (Wildman–Crippen MR) is 88.6 cm³/mol. The van der Waals surface area contributed by atoms with Gasteiger partial charge in [0, 0.05) is 16.0 Å². The molecule has 7 heteroatoms. The van der Waals surface area contributed by atoms with Crippen molar-refractivity contribution in [3.8, 4) is 0 Å². The van der Waals surface area contributed by atoms with Crippen LogP contribution in [0.25, 0.3) is 0 Å².